The highest BCUT2D eigenvalue weighted by Gasteiger charge is 2.27. The van der Waals surface area contributed by atoms with Gasteiger partial charge >= 0.3 is 0 Å². The molecule has 7 nitrogen and oxygen atoms in total. The van der Waals surface area contributed by atoms with Crippen molar-refractivity contribution in [3.8, 4) is 0 Å². The van der Waals surface area contributed by atoms with Crippen LogP contribution in [0.15, 0.2) is 64.0 Å². The van der Waals surface area contributed by atoms with Crippen molar-refractivity contribution in [2.45, 2.75) is 9.24 Å². The maximum absolute atomic E-state index is 13.0. The van der Waals surface area contributed by atoms with Crippen LogP contribution >= 0.6 is 11.3 Å². The van der Waals surface area contributed by atoms with E-state index in [-0.39, 0.29) is 25.8 Å². The van der Waals surface area contributed by atoms with Crippen molar-refractivity contribution in [3.63, 3.8) is 0 Å². The van der Waals surface area contributed by atoms with Crippen LogP contribution < -0.4 is 0 Å². The molecule has 2 aromatic carbocycles. The van der Waals surface area contributed by atoms with Crippen LogP contribution in [0.1, 0.15) is 0 Å². The smallest absolute Gasteiger partial charge is 0.258 e. The highest BCUT2D eigenvalue weighted by molar-refractivity contribution is 7.93. The lowest BCUT2D eigenvalue weighted by atomic mass is 10.2. The first-order chi connectivity index (χ1) is 12.0. The van der Waals surface area contributed by atoms with Crippen LogP contribution in [0.4, 0.5) is 5.69 Å². The number of nitro benzene ring substituents is 1. The lowest BCUT2D eigenvalue weighted by Crippen LogP contribution is -2.04. The Hall–Kier alpha value is -2.91. The second-order valence-electron chi connectivity index (χ2n) is 5.19. The number of sulfone groups is 1. The molecule has 4 rings (SSSR count). The fourth-order valence-corrected chi connectivity index (χ4v) is 5.31. The molecule has 0 aliphatic heterocycles. The Morgan fingerprint density at radius 3 is 2.60 bits per heavy atom. The van der Waals surface area contributed by atoms with E-state index < -0.39 is 14.8 Å². The van der Waals surface area contributed by atoms with Gasteiger partial charge in [0.2, 0.25) is 14.2 Å². The van der Waals surface area contributed by atoms with E-state index in [9.17, 15) is 18.5 Å². The highest BCUT2D eigenvalue weighted by atomic mass is 32.2. The van der Waals surface area contributed by atoms with E-state index in [1.807, 2.05) is 0 Å². The number of para-hydroxylation sites is 1. The minimum absolute atomic E-state index is 0.0606. The molecule has 0 radical (unpaired) electrons. The first-order valence-electron chi connectivity index (χ1n) is 7.11. The SMILES string of the molecule is O=[N+]([O-])c1ccc(S(=O)(=O)c2nc3ccccc3s2)c2ncccc12. The van der Waals surface area contributed by atoms with E-state index in [1.165, 1.54) is 30.5 Å². The summed E-state index contributed by atoms with van der Waals surface area (Å²) in [7, 11) is -3.95. The van der Waals surface area contributed by atoms with Crippen molar-refractivity contribution < 1.29 is 13.3 Å². The molecule has 0 aliphatic carbocycles. The molecule has 0 fully saturated rings. The molecular formula is C16H9N3O4S2. The van der Waals surface area contributed by atoms with Crippen LogP contribution in [0.5, 0.6) is 0 Å². The van der Waals surface area contributed by atoms with Crippen LogP contribution in [0, 0.1) is 10.1 Å². The summed E-state index contributed by atoms with van der Waals surface area (Å²) in [4.78, 5) is 18.8. The van der Waals surface area contributed by atoms with Gasteiger partial charge in [-0.3, -0.25) is 15.1 Å². The minimum Gasteiger partial charge on any atom is -0.258 e. The quantitative estimate of drug-likeness (QED) is 0.403. The summed E-state index contributed by atoms with van der Waals surface area (Å²) in [5.74, 6) is 0. The normalized spacial score (nSPS) is 11.8. The number of aromatic nitrogens is 2. The molecule has 2 heterocycles. The maximum atomic E-state index is 13.0. The largest absolute Gasteiger partial charge is 0.278 e. The predicted molar refractivity (Wildman–Crippen MR) is 93.5 cm³/mol. The highest BCUT2D eigenvalue weighted by Crippen LogP contribution is 2.35. The van der Waals surface area contributed by atoms with Gasteiger partial charge in [-0.25, -0.2) is 13.4 Å². The Balaban J connectivity index is 2.00. The molecule has 0 spiro atoms. The number of non-ortho nitro benzene ring substituents is 1. The molecule has 0 aliphatic rings. The van der Waals surface area contributed by atoms with Crippen molar-refractivity contribution in [1.82, 2.24) is 9.97 Å². The number of rotatable bonds is 3. The fourth-order valence-electron chi connectivity index (χ4n) is 2.57. The summed E-state index contributed by atoms with van der Waals surface area (Å²) in [6.07, 6.45) is 1.41. The standard InChI is InChI=1S/C16H9N3O4S2/c20-19(21)12-7-8-14(15-10(12)4-3-9-17-15)25(22,23)16-18-11-5-1-2-6-13(11)24-16/h1-9H. The van der Waals surface area contributed by atoms with Crippen LogP contribution in [-0.2, 0) is 9.84 Å². The van der Waals surface area contributed by atoms with Gasteiger partial charge in [-0.1, -0.05) is 12.1 Å². The Bertz CT molecular complexity index is 1220. The number of hydrogen-bond donors (Lipinski definition) is 0. The molecular weight excluding hydrogens is 362 g/mol. The van der Waals surface area contributed by atoms with Crippen molar-refractivity contribution in [2.75, 3.05) is 0 Å². The van der Waals surface area contributed by atoms with E-state index in [0.717, 1.165) is 16.0 Å². The van der Waals surface area contributed by atoms with Gasteiger partial charge in [0.1, 0.15) is 4.90 Å². The predicted octanol–water partition coefficient (Wildman–Crippen LogP) is 3.59. The summed E-state index contributed by atoms with van der Waals surface area (Å²) >= 11 is 1.06. The summed E-state index contributed by atoms with van der Waals surface area (Å²) in [5, 5.41) is 11.4. The number of nitrogens with zero attached hydrogens (tertiary/aromatic N) is 3. The molecule has 0 N–H and O–H groups in total. The van der Waals surface area contributed by atoms with Gasteiger partial charge < -0.3 is 0 Å². The number of benzene rings is 2. The zero-order valence-electron chi connectivity index (χ0n) is 12.5. The molecule has 2 aromatic heterocycles. The van der Waals surface area contributed by atoms with Gasteiger partial charge in [0.15, 0.2) is 0 Å². The molecule has 124 valence electrons. The van der Waals surface area contributed by atoms with Crippen LogP contribution in [-0.4, -0.2) is 23.3 Å². The Labute approximate surface area is 145 Å². The van der Waals surface area contributed by atoms with Crippen molar-refractivity contribution in [2.24, 2.45) is 0 Å². The van der Waals surface area contributed by atoms with Gasteiger partial charge in [-0.05, 0) is 30.3 Å². The summed E-state index contributed by atoms with van der Waals surface area (Å²) in [6.45, 7) is 0. The Morgan fingerprint density at radius 1 is 1.04 bits per heavy atom. The van der Waals surface area contributed by atoms with E-state index in [1.54, 1.807) is 24.3 Å². The molecule has 9 heteroatoms. The van der Waals surface area contributed by atoms with Gasteiger partial charge in [-0.2, -0.15) is 0 Å². The monoisotopic (exact) mass is 371 g/mol. The van der Waals surface area contributed by atoms with E-state index in [2.05, 4.69) is 9.97 Å². The van der Waals surface area contributed by atoms with Crippen molar-refractivity contribution in [1.29, 1.82) is 0 Å². The molecule has 0 amide bonds. The number of hydrogen-bond acceptors (Lipinski definition) is 7. The zero-order valence-corrected chi connectivity index (χ0v) is 14.1. The number of nitro groups is 1. The Kier molecular flexibility index (Phi) is 3.48. The Morgan fingerprint density at radius 2 is 1.84 bits per heavy atom. The third-order valence-electron chi connectivity index (χ3n) is 3.70. The lowest BCUT2D eigenvalue weighted by Gasteiger charge is -2.05. The van der Waals surface area contributed by atoms with Gasteiger partial charge in [0.05, 0.1) is 26.0 Å². The van der Waals surface area contributed by atoms with E-state index in [0.29, 0.717) is 5.52 Å². The van der Waals surface area contributed by atoms with Gasteiger partial charge in [-0.15, -0.1) is 11.3 Å². The second-order valence-corrected chi connectivity index (χ2v) is 8.31. The van der Waals surface area contributed by atoms with Crippen LogP contribution in [0.2, 0.25) is 0 Å². The second kappa shape index (κ2) is 5.57. The zero-order chi connectivity index (χ0) is 17.6. The first-order valence-corrected chi connectivity index (χ1v) is 9.41. The average molecular weight is 371 g/mol. The number of pyridine rings is 1. The average Bonchev–Trinajstić information content (AvgIpc) is 3.05. The molecule has 0 bridgehead atoms. The van der Waals surface area contributed by atoms with Gasteiger partial charge in [0.25, 0.3) is 5.69 Å². The van der Waals surface area contributed by atoms with Crippen molar-refractivity contribution in [3.05, 3.63) is 64.8 Å². The third-order valence-corrected chi connectivity index (χ3v) is 6.90. The number of thiazole rings is 1. The van der Waals surface area contributed by atoms with Crippen molar-refractivity contribution >= 4 is 48.0 Å². The molecule has 0 atom stereocenters. The molecule has 0 saturated heterocycles. The van der Waals surface area contributed by atoms with E-state index in [4.69, 9.17) is 0 Å². The number of fused-ring (bicyclic) bond motifs is 2. The molecule has 4 aromatic rings. The summed E-state index contributed by atoms with van der Waals surface area (Å²) < 4.78 is 26.8. The minimum atomic E-state index is -3.95. The molecule has 0 unspecified atom stereocenters. The summed E-state index contributed by atoms with van der Waals surface area (Å²) in [5.41, 5.74) is 0.465. The lowest BCUT2D eigenvalue weighted by molar-refractivity contribution is -0.383. The van der Waals surface area contributed by atoms with Crippen LogP contribution in [0.3, 0.4) is 0 Å². The van der Waals surface area contributed by atoms with Crippen LogP contribution in [0.25, 0.3) is 21.1 Å². The topological polar surface area (TPSA) is 103 Å². The van der Waals surface area contributed by atoms with E-state index >= 15 is 0 Å². The fraction of sp³-hybridized carbons (Fsp3) is 0. The third kappa shape index (κ3) is 2.44. The molecule has 0 saturated carbocycles. The van der Waals surface area contributed by atoms with Gasteiger partial charge in [0, 0.05) is 12.3 Å². The first kappa shape index (κ1) is 15.6. The summed E-state index contributed by atoms with van der Waals surface area (Å²) in [6, 6.07) is 12.5. The maximum Gasteiger partial charge on any atom is 0.278 e. The molecule has 25 heavy (non-hydrogen) atoms.